The molecule has 0 spiro atoms. The molecule has 0 saturated carbocycles. The lowest BCUT2D eigenvalue weighted by atomic mass is 10.0. The summed E-state index contributed by atoms with van der Waals surface area (Å²) in [4.78, 5) is 16.2. The van der Waals surface area contributed by atoms with Crippen LogP contribution in [0.2, 0.25) is 0 Å². The van der Waals surface area contributed by atoms with Crippen LogP contribution in [0.3, 0.4) is 0 Å². The predicted molar refractivity (Wildman–Crippen MR) is 95.3 cm³/mol. The zero-order valence-electron chi connectivity index (χ0n) is 14.1. The van der Waals surface area contributed by atoms with Gasteiger partial charge in [0.05, 0.1) is 5.92 Å². The molecule has 0 radical (unpaired) electrons. The lowest BCUT2D eigenvalue weighted by Crippen LogP contribution is -2.46. The van der Waals surface area contributed by atoms with Crippen LogP contribution in [0.25, 0.3) is 0 Å². The number of ether oxygens (including phenoxy) is 2. The lowest BCUT2D eigenvalue weighted by Gasteiger charge is -2.38. The molecule has 1 unspecified atom stereocenters. The second-order valence-electron chi connectivity index (χ2n) is 6.47. The first-order chi connectivity index (χ1) is 12.3. The summed E-state index contributed by atoms with van der Waals surface area (Å²) < 4.78 is 10.8. The molecule has 1 aromatic rings. The third kappa shape index (κ3) is 3.46. The average Bonchev–Trinajstić information content (AvgIpc) is 2.98. The molecule has 0 aromatic heterocycles. The van der Waals surface area contributed by atoms with Crippen LogP contribution in [0.1, 0.15) is 5.56 Å². The molecule has 2 heterocycles. The predicted octanol–water partition coefficient (Wildman–Crippen LogP) is 2.36. The topological polar surface area (TPSA) is 42.0 Å². The van der Waals surface area contributed by atoms with Gasteiger partial charge in [-0.25, -0.2) is 0 Å². The number of rotatable bonds is 4. The fraction of sp³-hybridized carbons (Fsp3) is 0.350. The minimum absolute atomic E-state index is 0.143. The van der Waals surface area contributed by atoms with Gasteiger partial charge in [-0.1, -0.05) is 30.4 Å². The highest BCUT2D eigenvalue weighted by Gasteiger charge is 2.23. The van der Waals surface area contributed by atoms with Gasteiger partial charge in [0, 0.05) is 38.4 Å². The molecule has 1 saturated heterocycles. The van der Waals surface area contributed by atoms with E-state index >= 15 is 0 Å². The van der Waals surface area contributed by atoms with Gasteiger partial charge < -0.3 is 19.2 Å². The fourth-order valence-electron chi connectivity index (χ4n) is 3.50. The van der Waals surface area contributed by atoms with E-state index in [-0.39, 0.29) is 5.92 Å². The molecular weight excluding hydrogens is 316 g/mol. The normalized spacial score (nSPS) is 22.6. The van der Waals surface area contributed by atoms with Crippen molar-refractivity contribution >= 4 is 6.29 Å². The minimum atomic E-state index is -0.143. The maximum Gasteiger partial charge on any atom is 0.231 e. The zero-order chi connectivity index (χ0) is 17.1. The van der Waals surface area contributed by atoms with Gasteiger partial charge in [0.1, 0.15) is 6.29 Å². The molecule has 1 aliphatic carbocycles. The van der Waals surface area contributed by atoms with Gasteiger partial charge in [-0.15, -0.1) is 0 Å². The van der Waals surface area contributed by atoms with Crippen LogP contribution in [-0.4, -0.2) is 49.1 Å². The Bertz CT molecular complexity index is 730. The van der Waals surface area contributed by atoms with Gasteiger partial charge in [-0.05, 0) is 23.8 Å². The van der Waals surface area contributed by atoms with E-state index in [1.807, 2.05) is 30.4 Å². The molecule has 2 aliphatic heterocycles. The van der Waals surface area contributed by atoms with Gasteiger partial charge in [-0.2, -0.15) is 0 Å². The molecular formula is C20H22N2O3. The van der Waals surface area contributed by atoms with Gasteiger partial charge in [0.2, 0.25) is 6.79 Å². The fourth-order valence-corrected chi connectivity index (χ4v) is 3.50. The SMILES string of the molecule is O=CC1C=CC=CC=C1N1CCN(Cc2ccc3c(c2)OCO3)CC1. The molecule has 3 aliphatic rings. The summed E-state index contributed by atoms with van der Waals surface area (Å²) in [5, 5.41) is 0. The Hall–Kier alpha value is -2.53. The first-order valence-electron chi connectivity index (χ1n) is 8.69. The molecule has 1 fully saturated rings. The molecule has 25 heavy (non-hydrogen) atoms. The molecule has 4 rings (SSSR count). The number of nitrogens with zero attached hydrogens (tertiary/aromatic N) is 2. The van der Waals surface area contributed by atoms with E-state index in [0.29, 0.717) is 6.79 Å². The van der Waals surface area contributed by atoms with E-state index in [4.69, 9.17) is 9.47 Å². The molecule has 1 atom stereocenters. The molecule has 5 heteroatoms. The molecule has 5 nitrogen and oxygen atoms in total. The number of hydrogen-bond acceptors (Lipinski definition) is 5. The maximum absolute atomic E-state index is 11.4. The quantitative estimate of drug-likeness (QED) is 0.789. The van der Waals surface area contributed by atoms with E-state index in [2.05, 4.69) is 28.0 Å². The highest BCUT2D eigenvalue weighted by atomic mass is 16.7. The van der Waals surface area contributed by atoms with Crippen molar-refractivity contribution in [3.05, 3.63) is 59.8 Å². The van der Waals surface area contributed by atoms with Crippen LogP contribution in [0.15, 0.2) is 54.3 Å². The van der Waals surface area contributed by atoms with Crippen molar-refractivity contribution in [2.24, 2.45) is 5.92 Å². The second-order valence-corrected chi connectivity index (χ2v) is 6.47. The van der Waals surface area contributed by atoms with Crippen molar-refractivity contribution < 1.29 is 14.3 Å². The summed E-state index contributed by atoms with van der Waals surface area (Å²) in [7, 11) is 0. The van der Waals surface area contributed by atoms with Gasteiger partial charge in [-0.3, -0.25) is 4.90 Å². The Balaban J connectivity index is 1.37. The van der Waals surface area contributed by atoms with Crippen molar-refractivity contribution in [3.63, 3.8) is 0 Å². The number of benzene rings is 1. The molecule has 1 aromatic carbocycles. The number of carbonyl (C=O) groups is 1. The summed E-state index contributed by atoms with van der Waals surface area (Å²) in [6.07, 6.45) is 11.0. The Morgan fingerprint density at radius 3 is 2.72 bits per heavy atom. The van der Waals surface area contributed by atoms with E-state index < -0.39 is 0 Å². The smallest absolute Gasteiger partial charge is 0.231 e. The van der Waals surface area contributed by atoms with Gasteiger partial charge in [0.25, 0.3) is 0 Å². The summed E-state index contributed by atoms with van der Waals surface area (Å²) >= 11 is 0. The van der Waals surface area contributed by atoms with Crippen LogP contribution >= 0.6 is 0 Å². The number of piperazine rings is 1. The third-order valence-corrected chi connectivity index (χ3v) is 4.88. The Kier molecular flexibility index (Phi) is 4.57. The van der Waals surface area contributed by atoms with Crippen LogP contribution in [-0.2, 0) is 11.3 Å². The highest BCUT2D eigenvalue weighted by Crippen LogP contribution is 2.33. The highest BCUT2D eigenvalue weighted by molar-refractivity contribution is 5.62. The third-order valence-electron chi connectivity index (χ3n) is 4.88. The van der Waals surface area contributed by atoms with E-state index in [1.54, 1.807) is 0 Å². The minimum Gasteiger partial charge on any atom is -0.454 e. The largest absolute Gasteiger partial charge is 0.454 e. The Labute approximate surface area is 147 Å². The molecule has 0 amide bonds. The Morgan fingerprint density at radius 2 is 1.88 bits per heavy atom. The summed E-state index contributed by atoms with van der Waals surface area (Å²) in [6, 6.07) is 6.16. The lowest BCUT2D eigenvalue weighted by molar-refractivity contribution is -0.109. The summed E-state index contributed by atoms with van der Waals surface area (Å²) in [6.45, 7) is 5.04. The molecule has 130 valence electrons. The van der Waals surface area contributed by atoms with Gasteiger partial charge in [0.15, 0.2) is 11.5 Å². The first-order valence-corrected chi connectivity index (χ1v) is 8.69. The summed E-state index contributed by atoms with van der Waals surface area (Å²) in [5.41, 5.74) is 2.34. The van der Waals surface area contributed by atoms with Crippen molar-refractivity contribution in [3.8, 4) is 11.5 Å². The van der Waals surface area contributed by atoms with E-state index in [1.165, 1.54) is 5.56 Å². The van der Waals surface area contributed by atoms with Crippen LogP contribution in [0.4, 0.5) is 0 Å². The van der Waals surface area contributed by atoms with Crippen LogP contribution < -0.4 is 9.47 Å². The van der Waals surface area contributed by atoms with E-state index in [9.17, 15) is 4.79 Å². The van der Waals surface area contributed by atoms with Crippen molar-refractivity contribution in [1.29, 1.82) is 0 Å². The zero-order valence-corrected chi connectivity index (χ0v) is 14.1. The average molecular weight is 338 g/mol. The number of aldehydes is 1. The van der Waals surface area contributed by atoms with Gasteiger partial charge >= 0.3 is 0 Å². The molecule has 0 bridgehead atoms. The number of allylic oxidation sites excluding steroid dienone is 5. The van der Waals surface area contributed by atoms with E-state index in [0.717, 1.165) is 56.2 Å². The Morgan fingerprint density at radius 1 is 1.04 bits per heavy atom. The maximum atomic E-state index is 11.4. The monoisotopic (exact) mass is 338 g/mol. The van der Waals surface area contributed by atoms with Crippen molar-refractivity contribution in [1.82, 2.24) is 9.80 Å². The number of hydrogen-bond donors (Lipinski definition) is 0. The molecule has 0 N–H and O–H groups in total. The van der Waals surface area contributed by atoms with Crippen LogP contribution in [0, 0.1) is 5.92 Å². The number of fused-ring (bicyclic) bond motifs is 1. The van der Waals surface area contributed by atoms with Crippen LogP contribution in [0.5, 0.6) is 11.5 Å². The standard InChI is InChI=1S/C20H22N2O3/c23-14-17-4-2-1-3-5-18(17)22-10-8-21(9-11-22)13-16-6-7-19-20(12-16)25-15-24-19/h1-7,12,14,17H,8-11,13,15H2. The van der Waals surface area contributed by atoms with Crippen molar-refractivity contribution in [2.75, 3.05) is 33.0 Å². The van der Waals surface area contributed by atoms with Crippen molar-refractivity contribution in [2.45, 2.75) is 6.54 Å². The number of carbonyl (C=O) groups excluding carboxylic acids is 1. The first kappa shape index (κ1) is 16.0. The summed E-state index contributed by atoms with van der Waals surface area (Å²) in [5.74, 6) is 1.53. The second kappa shape index (κ2) is 7.15.